The molecule has 0 radical (unpaired) electrons. The molecule has 80 valence electrons. The van der Waals surface area contributed by atoms with Gasteiger partial charge in [0.25, 0.3) is 0 Å². The van der Waals surface area contributed by atoms with Crippen molar-refractivity contribution in [1.29, 1.82) is 0 Å². The van der Waals surface area contributed by atoms with Crippen LogP contribution in [0.5, 0.6) is 5.75 Å². The summed E-state index contributed by atoms with van der Waals surface area (Å²) in [5.41, 5.74) is 2.70. The van der Waals surface area contributed by atoms with Crippen LogP contribution in [0.25, 0.3) is 0 Å². The summed E-state index contributed by atoms with van der Waals surface area (Å²) in [6.45, 7) is 2.20. The van der Waals surface area contributed by atoms with Crippen molar-refractivity contribution in [2.75, 3.05) is 7.05 Å². The number of fused-ring (bicyclic) bond motifs is 1. The maximum absolute atomic E-state index is 11.0. The maximum atomic E-state index is 11.0. The van der Waals surface area contributed by atoms with Gasteiger partial charge in [0, 0.05) is 7.05 Å². The quantitative estimate of drug-likeness (QED) is 0.764. The topological polar surface area (TPSA) is 38.3 Å². The maximum Gasteiger partial charge on any atom is 0.412 e. The minimum Gasteiger partial charge on any atom is -0.410 e. The summed E-state index contributed by atoms with van der Waals surface area (Å²) in [5.74, 6) is 1.20. The van der Waals surface area contributed by atoms with Crippen molar-refractivity contribution in [3.05, 3.63) is 29.3 Å². The Morgan fingerprint density at radius 3 is 3.07 bits per heavy atom. The smallest absolute Gasteiger partial charge is 0.410 e. The molecule has 3 heteroatoms. The summed E-state index contributed by atoms with van der Waals surface area (Å²) < 4.78 is 5.09. The number of amides is 1. The number of nitrogens with one attached hydrogen (secondary N) is 1. The van der Waals surface area contributed by atoms with Crippen LogP contribution in [0.4, 0.5) is 4.79 Å². The van der Waals surface area contributed by atoms with Gasteiger partial charge in [0.1, 0.15) is 5.75 Å². The molecule has 0 saturated heterocycles. The Labute approximate surface area is 89.4 Å². The van der Waals surface area contributed by atoms with Gasteiger partial charge in [0.05, 0.1) is 0 Å². The molecule has 0 fully saturated rings. The van der Waals surface area contributed by atoms with E-state index in [4.69, 9.17) is 4.74 Å². The van der Waals surface area contributed by atoms with Gasteiger partial charge in [0.15, 0.2) is 0 Å². The van der Waals surface area contributed by atoms with Crippen molar-refractivity contribution < 1.29 is 9.53 Å². The van der Waals surface area contributed by atoms with E-state index >= 15 is 0 Å². The third kappa shape index (κ3) is 1.96. The molecule has 0 unspecified atom stereocenters. The Hall–Kier alpha value is -1.51. The molecule has 1 aliphatic rings. The lowest BCUT2D eigenvalue weighted by atomic mass is 10.0. The van der Waals surface area contributed by atoms with Crippen LogP contribution in [0.2, 0.25) is 0 Å². The molecule has 1 aromatic rings. The molecule has 0 aromatic heterocycles. The monoisotopic (exact) mass is 205 g/mol. The van der Waals surface area contributed by atoms with Gasteiger partial charge < -0.3 is 10.1 Å². The Morgan fingerprint density at radius 1 is 1.53 bits per heavy atom. The van der Waals surface area contributed by atoms with Gasteiger partial charge in [-0.05, 0) is 42.0 Å². The Kier molecular flexibility index (Phi) is 2.62. The predicted octanol–water partition coefficient (Wildman–Crippen LogP) is 2.45. The highest BCUT2D eigenvalue weighted by Crippen LogP contribution is 2.34. The number of carbonyl (C=O) groups excluding carboxylic acids is 1. The lowest BCUT2D eigenvalue weighted by Gasteiger charge is -2.08. The number of rotatable bonds is 1. The number of carbonyl (C=O) groups is 1. The minimum absolute atomic E-state index is 0.416. The van der Waals surface area contributed by atoms with E-state index in [0.717, 1.165) is 6.42 Å². The molecule has 2 rings (SSSR count). The van der Waals surface area contributed by atoms with Crippen molar-refractivity contribution in [3.8, 4) is 5.75 Å². The highest BCUT2D eigenvalue weighted by molar-refractivity contribution is 5.70. The van der Waals surface area contributed by atoms with Gasteiger partial charge in [-0.3, -0.25) is 0 Å². The number of ether oxygens (including phenoxy) is 1. The fraction of sp³-hybridized carbons (Fsp3) is 0.417. The van der Waals surface area contributed by atoms with Crippen molar-refractivity contribution >= 4 is 6.09 Å². The highest BCUT2D eigenvalue weighted by Gasteiger charge is 2.19. The van der Waals surface area contributed by atoms with Crippen LogP contribution in [0, 0.1) is 0 Å². The zero-order valence-electron chi connectivity index (χ0n) is 9.04. The zero-order chi connectivity index (χ0) is 10.8. The molecule has 0 aliphatic heterocycles. The third-order valence-corrected chi connectivity index (χ3v) is 2.91. The molecule has 0 heterocycles. The SMILES string of the molecule is CNC(=O)Oc1ccc2c(c1)[C@H](C)CC2. The Bertz CT molecular complexity index is 387. The number of benzene rings is 1. The van der Waals surface area contributed by atoms with Gasteiger partial charge in [-0.15, -0.1) is 0 Å². The zero-order valence-corrected chi connectivity index (χ0v) is 9.04. The lowest BCUT2D eigenvalue weighted by molar-refractivity contribution is 0.203. The average molecular weight is 205 g/mol. The Balaban J connectivity index is 2.21. The van der Waals surface area contributed by atoms with E-state index in [1.165, 1.54) is 17.5 Å². The van der Waals surface area contributed by atoms with Crippen LogP contribution < -0.4 is 10.1 Å². The van der Waals surface area contributed by atoms with E-state index in [-0.39, 0.29) is 0 Å². The Morgan fingerprint density at radius 2 is 2.33 bits per heavy atom. The molecule has 1 atom stereocenters. The summed E-state index contributed by atoms with van der Waals surface area (Å²) in [6.07, 6.45) is 1.91. The molecule has 1 aromatic carbocycles. The van der Waals surface area contributed by atoms with Crippen LogP contribution in [-0.2, 0) is 6.42 Å². The molecule has 1 amide bonds. The first kappa shape index (κ1) is 10.0. The summed E-state index contributed by atoms with van der Waals surface area (Å²) >= 11 is 0. The molecule has 0 spiro atoms. The summed E-state index contributed by atoms with van der Waals surface area (Å²) in [5, 5.41) is 2.43. The predicted molar refractivity (Wildman–Crippen MR) is 58.3 cm³/mol. The van der Waals surface area contributed by atoms with E-state index in [0.29, 0.717) is 11.7 Å². The van der Waals surface area contributed by atoms with E-state index in [9.17, 15) is 4.79 Å². The molecule has 1 N–H and O–H groups in total. The van der Waals surface area contributed by atoms with Gasteiger partial charge >= 0.3 is 6.09 Å². The normalized spacial score (nSPS) is 18.4. The fourth-order valence-electron chi connectivity index (χ4n) is 2.01. The van der Waals surface area contributed by atoms with E-state index in [2.05, 4.69) is 18.3 Å². The van der Waals surface area contributed by atoms with Crippen LogP contribution >= 0.6 is 0 Å². The second kappa shape index (κ2) is 3.93. The van der Waals surface area contributed by atoms with Crippen molar-refractivity contribution in [2.45, 2.75) is 25.7 Å². The number of hydrogen-bond donors (Lipinski definition) is 1. The first-order valence-electron chi connectivity index (χ1n) is 5.23. The largest absolute Gasteiger partial charge is 0.412 e. The van der Waals surface area contributed by atoms with Crippen molar-refractivity contribution in [3.63, 3.8) is 0 Å². The van der Waals surface area contributed by atoms with Crippen LogP contribution in [0.3, 0.4) is 0 Å². The van der Waals surface area contributed by atoms with Crippen LogP contribution in [-0.4, -0.2) is 13.1 Å². The van der Waals surface area contributed by atoms with Gasteiger partial charge in [0.2, 0.25) is 0 Å². The molecule has 0 saturated carbocycles. The summed E-state index contributed by atoms with van der Waals surface area (Å²) in [4.78, 5) is 11.0. The minimum atomic E-state index is -0.416. The lowest BCUT2D eigenvalue weighted by Crippen LogP contribution is -2.22. The first-order valence-corrected chi connectivity index (χ1v) is 5.23. The van der Waals surface area contributed by atoms with Crippen molar-refractivity contribution in [1.82, 2.24) is 5.32 Å². The molecule has 3 nitrogen and oxygen atoms in total. The molecule has 1 aliphatic carbocycles. The van der Waals surface area contributed by atoms with Gasteiger partial charge in [-0.2, -0.15) is 0 Å². The third-order valence-electron chi connectivity index (χ3n) is 2.91. The van der Waals surface area contributed by atoms with Crippen LogP contribution in [0.15, 0.2) is 18.2 Å². The number of hydrogen-bond acceptors (Lipinski definition) is 2. The first-order chi connectivity index (χ1) is 7.20. The summed E-state index contributed by atoms with van der Waals surface area (Å²) in [6, 6.07) is 5.88. The van der Waals surface area contributed by atoms with Gasteiger partial charge in [-0.25, -0.2) is 4.79 Å². The summed E-state index contributed by atoms with van der Waals surface area (Å²) in [7, 11) is 1.55. The molecule has 15 heavy (non-hydrogen) atoms. The van der Waals surface area contributed by atoms with Crippen LogP contribution in [0.1, 0.15) is 30.4 Å². The highest BCUT2D eigenvalue weighted by atomic mass is 16.5. The van der Waals surface area contributed by atoms with E-state index in [1.807, 2.05) is 12.1 Å². The standard InChI is InChI=1S/C12H15NO2/c1-8-3-4-9-5-6-10(7-11(8)9)15-12(14)13-2/h5-8H,3-4H2,1-2H3,(H,13,14)/t8-/m1/s1. The average Bonchev–Trinajstić information content (AvgIpc) is 2.60. The second-order valence-electron chi connectivity index (χ2n) is 3.94. The fourth-order valence-corrected chi connectivity index (χ4v) is 2.01. The molecule has 0 bridgehead atoms. The van der Waals surface area contributed by atoms with Crippen molar-refractivity contribution in [2.24, 2.45) is 0 Å². The second-order valence-corrected chi connectivity index (χ2v) is 3.94. The van der Waals surface area contributed by atoms with E-state index in [1.54, 1.807) is 7.05 Å². The molecular formula is C12H15NO2. The van der Waals surface area contributed by atoms with Gasteiger partial charge in [-0.1, -0.05) is 13.0 Å². The molecular weight excluding hydrogens is 190 g/mol. The number of aryl methyl sites for hydroxylation is 1. The van der Waals surface area contributed by atoms with E-state index < -0.39 is 6.09 Å².